The number of ether oxygens (including phenoxy) is 1. The lowest BCUT2D eigenvalue weighted by molar-refractivity contribution is -0.438. The summed E-state index contributed by atoms with van der Waals surface area (Å²) >= 11 is 12.8. The van der Waals surface area contributed by atoms with Crippen LogP contribution < -0.4 is 4.90 Å². The minimum Gasteiger partial charge on any atom is -0.481 e. The Morgan fingerprint density at radius 1 is 0.930 bits per heavy atom. The summed E-state index contributed by atoms with van der Waals surface area (Å²) in [4.78, 5) is 13.2. The highest BCUT2D eigenvalue weighted by Gasteiger charge is 2.44. The number of carboxylic acid groups (broad SMARTS) is 1. The maximum atomic E-state index is 10.9. The van der Waals surface area contributed by atoms with E-state index in [4.69, 9.17) is 38.2 Å². The predicted octanol–water partition coefficient (Wildman–Crippen LogP) is 7.82. The molecule has 0 amide bonds. The number of aliphatic hydroxyl groups excluding tert-OH is 1. The first-order chi connectivity index (χ1) is 20.5. The van der Waals surface area contributed by atoms with Gasteiger partial charge in [0.2, 0.25) is 5.69 Å². The Bertz CT molecular complexity index is 1460. The normalized spacial score (nSPS) is 17.9. The zero-order valence-electron chi connectivity index (χ0n) is 25.6. The second kappa shape index (κ2) is 14.3. The van der Waals surface area contributed by atoms with Crippen molar-refractivity contribution in [3.8, 4) is 0 Å². The number of fused-ring (bicyclic) bond motifs is 2. The molecule has 2 N–H and O–H groups in total. The van der Waals surface area contributed by atoms with Gasteiger partial charge in [0.1, 0.15) is 6.54 Å². The molecule has 0 bridgehead atoms. The van der Waals surface area contributed by atoms with E-state index >= 15 is 0 Å². The molecule has 2 heterocycles. The largest absolute Gasteiger partial charge is 0.481 e. The Balaban J connectivity index is 1.58. The quantitative estimate of drug-likeness (QED) is 0.127. The van der Waals surface area contributed by atoms with Crippen molar-refractivity contribution >= 4 is 46.3 Å². The third-order valence-electron chi connectivity index (χ3n) is 8.41. The number of rotatable bonds is 14. The summed E-state index contributed by atoms with van der Waals surface area (Å²) in [5.74, 6) is -0.744. The van der Waals surface area contributed by atoms with Crippen molar-refractivity contribution in [3.05, 3.63) is 93.6 Å². The smallest absolute Gasteiger partial charge is 0.303 e. The number of carboxylic acids is 1. The molecule has 2 aromatic rings. The van der Waals surface area contributed by atoms with E-state index < -0.39 is 5.97 Å². The topological polar surface area (TPSA) is 73.0 Å². The number of hydrogen-bond donors (Lipinski definition) is 2. The Hall–Kier alpha value is -2.90. The zero-order chi connectivity index (χ0) is 31.2. The van der Waals surface area contributed by atoms with Crippen LogP contribution in [0.2, 0.25) is 10.0 Å². The molecule has 0 fully saturated rings. The predicted molar refractivity (Wildman–Crippen MR) is 176 cm³/mol. The van der Waals surface area contributed by atoms with Crippen LogP contribution in [0.15, 0.2) is 72.5 Å². The Morgan fingerprint density at radius 2 is 1.65 bits per heavy atom. The van der Waals surface area contributed by atoms with Crippen molar-refractivity contribution in [1.82, 2.24) is 0 Å². The maximum Gasteiger partial charge on any atom is 0.303 e. The SMILES string of the molecule is CC1(C)C(=CC=CC=CC2=[N+](CCCCCC(=O)O)c3ccc(Cl)cc3C2(C)C)N(CCOCCO)c2ccc(Cl)cc21. The highest BCUT2D eigenvalue weighted by molar-refractivity contribution is 6.31. The van der Waals surface area contributed by atoms with Gasteiger partial charge in [-0.3, -0.25) is 4.79 Å². The fraction of sp³-hybridized carbons (Fsp3) is 0.429. The van der Waals surface area contributed by atoms with Crippen LogP contribution >= 0.6 is 23.2 Å². The van der Waals surface area contributed by atoms with Crippen molar-refractivity contribution in [1.29, 1.82) is 0 Å². The first-order valence-corrected chi connectivity index (χ1v) is 15.7. The van der Waals surface area contributed by atoms with E-state index in [1.54, 1.807) is 0 Å². The Labute approximate surface area is 265 Å². The number of nitrogens with zero attached hydrogens (tertiary/aromatic N) is 2. The minimum atomic E-state index is -0.744. The molecule has 230 valence electrons. The molecular weight excluding hydrogens is 583 g/mol. The van der Waals surface area contributed by atoms with E-state index in [0.29, 0.717) is 31.2 Å². The van der Waals surface area contributed by atoms with Crippen molar-refractivity contribution in [2.45, 2.75) is 64.2 Å². The minimum absolute atomic E-state index is 0.00550. The van der Waals surface area contributed by atoms with E-state index in [-0.39, 0.29) is 23.9 Å². The van der Waals surface area contributed by atoms with E-state index in [0.717, 1.165) is 41.5 Å². The number of unbranched alkanes of at least 4 members (excludes halogenated alkanes) is 2. The van der Waals surface area contributed by atoms with Gasteiger partial charge in [-0.2, -0.15) is 4.58 Å². The first-order valence-electron chi connectivity index (χ1n) is 15.0. The lowest BCUT2D eigenvalue weighted by Crippen LogP contribution is -2.29. The van der Waals surface area contributed by atoms with Crippen LogP contribution in [-0.4, -0.2) is 59.4 Å². The average molecular weight is 627 g/mol. The van der Waals surface area contributed by atoms with Crippen LogP contribution in [0.4, 0.5) is 11.4 Å². The second-order valence-electron chi connectivity index (χ2n) is 12.1. The van der Waals surface area contributed by atoms with Crippen LogP contribution in [0.3, 0.4) is 0 Å². The van der Waals surface area contributed by atoms with Crippen molar-refractivity contribution in [3.63, 3.8) is 0 Å². The molecule has 2 aliphatic heterocycles. The van der Waals surface area contributed by atoms with Gasteiger partial charge in [-0.15, -0.1) is 0 Å². The lowest BCUT2D eigenvalue weighted by atomic mass is 9.81. The molecule has 2 aliphatic rings. The average Bonchev–Trinajstić information content (AvgIpc) is 3.28. The molecule has 6 nitrogen and oxygen atoms in total. The van der Waals surface area contributed by atoms with Crippen LogP contribution in [0.25, 0.3) is 0 Å². The fourth-order valence-corrected chi connectivity index (χ4v) is 6.52. The number of halogens is 2. The molecular formula is C35H43Cl2N2O4+. The summed E-state index contributed by atoms with van der Waals surface area (Å²) in [7, 11) is 0. The van der Waals surface area contributed by atoms with Gasteiger partial charge in [0.15, 0.2) is 5.71 Å². The Kier molecular flexibility index (Phi) is 10.9. The number of carbonyl (C=O) groups is 1. The van der Waals surface area contributed by atoms with E-state index in [1.807, 2.05) is 18.2 Å². The highest BCUT2D eigenvalue weighted by atomic mass is 35.5. The summed E-state index contributed by atoms with van der Waals surface area (Å²) in [6.07, 6.45) is 13.2. The van der Waals surface area contributed by atoms with Gasteiger partial charge < -0.3 is 19.8 Å². The molecule has 0 saturated carbocycles. The molecule has 2 aromatic carbocycles. The van der Waals surface area contributed by atoms with E-state index in [2.05, 4.69) is 85.7 Å². The van der Waals surface area contributed by atoms with Gasteiger partial charge in [-0.05, 0) is 68.7 Å². The molecule has 0 aliphatic carbocycles. The van der Waals surface area contributed by atoms with Crippen LogP contribution in [-0.2, 0) is 20.4 Å². The number of hydrogen-bond acceptors (Lipinski definition) is 4. The number of allylic oxidation sites excluding steroid dienone is 6. The zero-order valence-corrected chi connectivity index (χ0v) is 27.1. The fourth-order valence-electron chi connectivity index (χ4n) is 6.18. The van der Waals surface area contributed by atoms with E-state index in [1.165, 1.54) is 16.8 Å². The maximum absolute atomic E-state index is 10.9. The number of benzene rings is 2. The molecule has 0 saturated heterocycles. The summed E-state index contributed by atoms with van der Waals surface area (Å²) in [6.45, 7) is 11.2. The number of anilines is 1. The second-order valence-corrected chi connectivity index (χ2v) is 13.0. The first kappa shape index (κ1) is 33.0. The van der Waals surface area contributed by atoms with Crippen molar-refractivity contribution in [2.75, 3.05) is 37.8 Å². The summed E-state index contributed by atoms with van der Waals surface area (Å²) in [6, 6.07) is 12.1. The lowest BCUT2D eigenvalue weighted by Gasteiger charge is -2.27. The van der Waals surface area contributed by atoms with Crippen molar-refractivity contribution in [2.24, 2.45) is 0 Å². The molecule has 0 unspecified atom stereocenters. The van der Waals surface area contributed by atoms with Gasteiger partial charge in [0.25, 0.3) is 0 Å². The Morgan fingerprint density at radius 3 is 2.37 bits per heavy atom. The summed E-state index contributed by atoms with van der Waals surface area (Å²) < 4.78 is 7.95. The molecule has 43 heavy (non-hydrogen) atoms. The van der Waals surface area contributed by atoms with Gasteiger partial charge in [0.05, 0.1) is 25.2 Å². The third-order valence-corrected chi connectivity index (χ3v) is 8.88. The summed E-state index contributed by atoms with van der Waals surface area (Å²) in [5.41, 5.74) is 6.51. The highest BCUT2D eigenvalue weighted by Crippen LogP contribution is 2.48. The standard InChI is InChI=1S/C35H42Cl2N2O4/c1-34(2)27-23-25(36)14-16-29(27)38(18-10-6-9-13-33(41)42)31(34)11-7-5-8-12-32-35(3,4)28-24-26(37)15-17-30(28)39(32)19-21-43-22-20-40/h5,7-8,11-12,14-17,23-24,40H,6,9-10,13,18-22H2,1-4H3/p+1. The van der Waals surface area contributed by atoms with Gasteiger partial charge in [-0.1, -0.05) is 55.3 Å². The van der Waals surface area contributed by atoms with Crippen LogP contribution in [0, 0.1) is 0 Å². The van der Waals surface area contributed by atoms with Gasteiger partial charge in [0, 0.05) is 63.9 Å². The molecule has 0 spiro atoms. The molecule has 0 aromatic heterocycles. The molecule has 0 atom stereocenters. The molecule has 0 radical (unpaired) electrons. The molecule has 8 heteroatoms. The van der Waals surface area contributed by atoms with Gasteiger partial charge >= 0.3 is 5.97 Å². The van der Waals surface area contributed by atoms with Crippen molar-refractivity contribution < 1.29 is 24.3 Å². The monoisotopic (exact) mass is 625 g/mol. The molecule has 4 rings (SSSR count). The number of aliphatic hydroxyl groups is 1. The van der Waals surface area contributed by atoms with E-state index in [9.17, 15) is 4.79 Å². The third kappa shape index (κ3) is 7.43. The van der Waals surface area contributed by atoms with Crippen LogP contribution in [0.1, 0.15) is 64.5 Å². The van der Waals surface area contributed by atoms with Gasteiger partial charge in [-0.25, -0.2) is 0 Å². The summed E-state index contributed by atoms with van der Waals surface area (Å²) in [5, 5.41) is 19.5. The number of aliphatic carboxylic acids is 1. The van der Waals surface area contributed by atoms with Crippen LogP contribution in [0.5, 0.6) is 0 Å².